The fourth-order valence-corrected chi connectivity index (χ4v) is 1.81. The number of alkyl carbamates (subject to hydrolysis) is 1. The van der Waals surface area contributed by atoms with Crippen LogP contribution >= 0.6 is 0 Å². The van der Waals surface area contributed by atoms with Gasteiger partial charge in [0.15, 0.2) is 18.1 Å². The number of imide groups is 1. The Labute approximate surface area is 142 Å². The van der Waals surface area contributed by atoms with Crippen LogP contribution in [0.3, 0.4) is 0 Å². The van der Waals surface area contributed by atoms with Crippen molar-refractivity contribution < 1.29 is 38.1 Å². The minimum absolute atomic E-state index is 0.0839. The quantitative estimate of drug-likeness (QED) is 0.682. The van der Waals surface area contributed by atoms with Gasteiger partial charge in [0, 0.05) is 5.56 Å². The van der Waals surface area contributed by atoms with E-state index in [4.69, 9.17) is 9.47 Å². The Bertz CT molecular complexity index is 688. The maximum Gasteiger partial charge on any atom is 0.413 e. The van der Waals surface area contributed by atoms with Gasteiger partial charge in [-0.3, -0.25) is 19.7 Å². The molecule has 1 aromatic carbocycles. The molecule has 1 heterocycles. The fraction of sp³-hybridized carbons (Fsp3) is 0.333. The second-order valence-corrected chi connectivity index (χ2v) is 4.68. The molecule has 0 atom stereocenters. The average Bonchev–Trinajstić information content (AvgIpc) is 3.05. The number of benzene rings is 1. The van der Waals surface area contributed by atoms with Crippen molar-refractivity contribution in [3.8, 4) is 11.5 Å². The number of esters is 1. The smallest absolute Gasteiger partial charge is 0.413 e. The molecule has 10 heteroatoms. The molecule has 0 radical (unpaired) electrons. The summed E-state index contributed by atoms with van der Waals surface area (Å²) >= 11 is 0. The van der Waals surface area contributed by atoms with Crippen LogP contribution in [-0.2, 0) is 19.1 Å². The van der Waals surface area contributed by atoms with Gasteiger partial charge in [0.05, 0.1) is 6.61 Å². The van der Waals surface area contributed by atoms with Crippen LogP contribution in [0, 0.1) is 0 Å². The molecule has 0 fully saturated rings. The van der Waals surface area contributed by atoms with Gasteiger partial charge in [-0.15, -0.1) is 0 Å². The van der Waals surface area contributed by atoms with Crippen LogP contribution in [0.2, 0.25) is 0 Å². The van der Waals surface area contributed by atoms with Crippen molar-refractivity contribution in [2.75, 3.05) is 26.6 Å². The third-order valence-corrected chi connectivity index (χ3v) is 2.91. The maximum absolute atomic E-state index is 11.9. The summed E-state index contributed by atoms with van der Waals surface area (Å²) in [5.74, 6) is -1.23. The van der Waals surface area contributed by atoms with E-state index in [1.165, 1.54) is 12.1 Å². The number of rotatable bonds is 6. The van der Waals surface area contributed by atoms with Gasteiger partial charge >= 0.3 is 12.1 Å². The van der Waals surface area contributed by atoms with E-state index in [-0.39, 0.29) is 19.0 Å². The molecular weight excluding hydrogens is 336 g/mol. The number of amides is 3. The molecule has 10 nitrogen and oxygen atoms in total. The Balaban J connectivity index is 1.71. The minimum Gasteiger partial charge on any atom is -0.454 e. The Morgan fingerprint density at radius 3 is 2.64 bits per heavy atom. The first kappa shape index (κ1) is 18.0. The van der Waals surface area contributed by atoms with Crippen molar-refractivity contribution in [2.24, 2.45) is 0 Å². The molecule has 0 saturated carbocycles. The topological polar surface area (TPSA) is 129 Å². The van der Waals surface area contributed by atoms with Crippen LogP contribution in [0.5, 0.6) is 11.5 Å². The van der Waals surface area contributed by atoms with Gasteiger partial charge in [0.1, 0.15) is 6.54 Å². The highest BCUT2D eigenvalue weighted by Crippen LogP contribution is 2.32. The van der Waals surface area contributed by atoms with Gasteiger partial charge < -0.3 is 24.3 Å². The van der Waals surface area contributed by atoms with E-state index in [0.29, 0.717) is 11.5 Å². The standard InChI is InChI=1S/C15H16N2O8/c1-2-22-15(21)17-12(18)7-23-13(19)6-16-14(20)9-3-4-10-11(5-9)25-8-24-10/h3-5H,2,6-8H2,1H3,(H,16,20)(H,17,18,21). The summed E-state index contributed by atoms with van der Waals surface area (Å²) in [6, 6.07) is 4.58. The normalized spacial score (nSPS) is 11.4. The summed E-state index contributed by atoms with van der Waals surface area (Å²) in [4.78, 5) is 45.7. The lowest BCUT2D eigenvalue weighted by molar-refractivity contribution is -0.147. The Kier molecular flexibility index (Phi) is 6.15. The monoisotopic (exact) mass is 352 g/mol. The Morgan fingerprint density at radius 2 is 1.88 bits per heavy atom. The van der Waals surface area contributed by atoms with Crippen molar-refractivity contribution in [3.05, 3.63) is 23.8 Å². The van der Waals surface area contributed by atoms with Gasteiger partial charge in [-0.1, -0.05) is 0 Å². The van der Waals surface area contributed by atoms with Gasteiger partial charge in [-0.25, -0.2) is 4.79 Å². The van der Waals surface area contributed by atoms with Gasteiger partial charge in [0.2, 0.25) is 6.79 Å². The van der Waals surface area contributed by atoms with E-state index in [9.17, 15) is 19.2 Å². The second kappa shape index (κ2) is 8.52. The minimum atomic E-state index is -0.931. The summed E-state index contributed by atoms with van der Waals surface area (Å²) in [6.07, 6.45) is -0.931. The highest BCUT2D eigenvalue weighted by atomic mass is 16.7. The number of fused-ring (bicyclic) bond motifs is 1. The number of nitrogens with one attached hydrogen (secondary N) is 2. The van der Waals surface area contributed by atoms with E-state index < -0.39 is 37.0 Å². The number of carbonyl (C=O) groups is 4. The molecule has 25 heavy (non-hydrogen) atoms. The zero-order valence-corrected chi connectivity index (χ0v) is 13.3. The molecule has 3 amide bonds. The van der Waals surface area contributed by atoms with Crippen LogP contribution in [0.25, 0.3) is 0 Å². The maximum atomic E-state index is 11.9. The van der Waals surface area contributed by atoms with Gasteiger partial charge in [-0.2, -0.15) is 0 Å². The first-order chi connectivity index (χ1) is 12.0. The zero-order chi connectivity index (χ0) is 18.2. The number of carbonyl (C=O) groups excluding carboxylic acids is 4. The third-order valence-electron chi connectivity index (χ3n) is 2.91. The van der Waals surface area contributed by atoms with Crippen LogP contribution in [0.4, 0.5) is 4.79 Å². The second-order valence-electron chi connectivity index (χ2n) is 4.68. The van der Waals surface area contributed by atoms with Crippen LogP contribution in [0.15, 0.2) is 18.2 Å². The Hall–Kier alpha value is -3.30. The lowest BCUT2D eigenvalue weighted by atomic mass is 10.2. The molecule has 0 spiro atoms. The summed E-state index contributed by atoms with van der Waals surface area (Å²) in [6.45, 7) is 0.649. The first-order valence-corrected chi connectivity index (χ1v) is 7.29. The molecule has 0 bridgehead atoms. The molecule has 0 aromatic heterocycles. The van der Waals surface area contributed by atoms with Crippen molar-refractivity contribution in [1.29, 1.82) is 0 Å². The Morgan fingerprint density at radius 1 is 1.12 bits per heavy atom. The molecule has 0 unspecified atom stereocenters. The molecule has 2 N–H and O–H groups in total. The van der Waals surface area contributed by atoms with Crippen LogP contribution in [-0.4, -0.2) is 50.4 Å². The third kappa shape index (κ3) is 5.37. The number of hydrogen-bond donors (Lipinski definition) is 2. The molecule has 2 rings (SSSR count). The van der Waals surface area contributed by atoms with Crippen molar-refractivity contribution in [2.45, 2.75) is 6.92 Å². The molecular formula is C15H16N2O8. The van der Waals surface area contributed by atoms with Crippen LogP contribution in [0.1, 0.15) is 17.3 Å². The molecule has 0 aliphatic carbocycles. The van der Waals surface area contributed by atoms with E-state index in [2.05, 4.69) is 14.8 Å². The lowest BCUT2D eigenvalue weighted by Crippen LogP contribution is -2.36. The lowest BCUT2D eigenvalue weighted by Gasteiger charge is -2.07. The average molecular weight is 352 g/mol. The number of ether oxygens (including phenoxy) is 4. The SMILES string of the molecule is CCOC(=O)NC(=O)COC(=O)CNC(=O)c1ccc2c(c1)OCO2. The van der Waals surface area contributed by atoms with E-state index >= 15 is 0 Å². The van der Waals surface area contributed by atoms with Crippen molar-refractivity contribution in [3.63, 3.8) is 0 Å². The fourth-order valence-electron chi connectivity index (χ4n) is 1.81. The number of hydrogen-bond acceptors (Lipinski definition) is 8. The highest BCUT2D eigenvalue weighted by Gasteiger charge is 2.17. The van der Waals surface area contributed by atoms with Gasteiger partial charge in [-0.05, 0) is 25.1 Å². The predicted molar refractivity (Wildman–Crippen MR) is 81.0 cm³/mol. The molecule has 1 aromatic rings. The van der Waals surface area contributed by atoms with E-state index in [1.54, 1.807) is 13.0 Å². The summed E-state index contributed by atoms with van der Waals surface area (Å²) in [5.41, 5.74) is 0.275. The highest BCUT2D eigenvalue weighted by molar-refractivity contribution is 5.97. The largest absolute Gasteiger partial charge is 0.454 e. The summed E-state index contributed by atoms with van der Waals surface area (Å²) in [7, 11) is 0. The molecule has 134 valence electrons. The molecule has 1 aliphatic heterocycles. The van der Waals surface area contributed by atoms with E-state index in [0.717, 1.165) is 0 Å². The van der Waals surface area contributed by atoms with Crippen molar-refractivity contribution >= 4 is 23.9 Å². The van der Waals surface area contributed by atoms with Gasteiger partial charge in [0.25, 0.3) is 11.8 Å². The van der Waals surface area contributed by atoms with E-state index in [1.807, 2.05) is 5.32 Å². The summed E-state index contributed by atoms with van der Waals surface area (Å²) < 4.78 is 19.4. The van der Waals surface area contributed by atoms with Crippen LogP contribution < -0.4 is 20.1 Å². The van der Waals surface area contributed by atoms with Crippen molar-refractivity contribution in [1.82, 2.24) is 10.6 Å². The predicted octanol–water partition coefficient (Wildman–Crippen LogP) is -0.0390. The molecule has 1 aliphatic rings. The zero-order valence-electron chi connectivity index (χ0n) is 13.3. The summed E-state index contributed by atoms with van der Waals surface area (Å²) in [5, 5.41) is 4.20. The first-order valence-electron chi connectivity index (χ1n) is 7.29. The molecule has 0 saturated heterocycles.